The van der Waals surface area contributed by atoms with Crippen LogP contribution >= 0.6 is 0 Å². The Labute approximate surface area is 187 Å². The molecule has 32 heavy (non-hydrogen) atoms. The molecule has 0 radical (unpaired) electrons. The third kappa shape index (κ3) is 4.08. The van der Waals surface area contributed by atoms with E-state index in [0.29, 0.717) is 18.5 Å². The molecule has 1 amide bonds. The van der Waals surface area contributed by atoms with Crippen molar-refractivity contribution in [3.63, 3.8) is 0 Å². The summed E-state index contributed by atoms with van der Waals surface area (Å²) in [6.45, 7) is 6.43. The van der Waals surface area contributed by atoms with E-state index in [9.17, 15) is 9.59 Å². The lowest BCUT2D eigenvalue weighted by molar-refractivity contribution is -0.121. The second kappa shape index (κ2) is 8.83. The van der Waals surface area contributed by atoms with Gasteiger partial charge in [-0.1, -0.05) is 48.0 Å². The highest BCUT2D eigenvalue weighted by Gasteiger charge is 2.20. The number of amides is 1. The molecule has 0 atom stereocenters. The van der Waals surface area contributed by atoms with Gasteiger partial charge in [0.15, 0.2) is 0 Å². The van der Waals surface area contributed by atoms with Crippen LogP contribution in [0.15, 0.2) is 59.4 Å². The van der Waals surface area contributed by atoms with Gasteiger partial charge in [-0.05, 0) is 50.5 Å². The molecular formula is C26H28N4O2. The average molecular weight is 429 g/mol. The summed E-state index contributed by atoms with van der Waals surface area (Å²) in [6, 6.07) is 17.9. The molecule has 0 saturated carbocycles. The van der Waals surface area contributed by atoms with Crippen LogP contribution in [0.1, 0.15) is 34.4 Å². The quantitative estimate of drug-likeness (QED) is 0.506. The average Bonchev–Trinajstić information content (AvgIpc) is 3.15. The van der Waals surface area contributed by atoms with Gasteiger partial charge >= 0.3 is 0 Å². The van der Waals surface area contributed by atoms with Crippen molar-refractivity contribution in [2.24, 2.45) is 7.05 Å². The van der Waals surface area contributed by atoms with E-state index in [1.807, 2.05) is 80.1 Å². The van der Waals surface area contributed by atoms with Gasteiger partial charge in [-0.15, -0.1) is 0 Å². The highest BCUT2D eigenvalue weighted by atomic mass is 16.1. The van der Waals surface area contributed by atoms with Gasteiger partial charge in [0.2, 0.25) is 5.91 Å². The number of nitrogens with zero attached hydrogens (tertiary/aromatic N) is 3. The standard InChI is InChI=1S/C26H28N4O2/c1-17-10-12-20(13-11-17)16-27-23(31)15-14-22-18(2)24-19(3)28-30(21-8-6-5-7-9-21)25(24)29(4)26(22)32/h5-13H,14-16H2,1-4H3,(H,27,31). The summed E-state index contributed by atoms with van der Waals surface area (Å²) >= 11 is 0. The fourth-order valence-corrected chi connectivity index (χ4v) is 4.15. The summed E-state index contributed by atoms with van der Waals surface area (Å²) in [7, 11) is 1.77. The summed E-state index contributed by atoms with van der Waals surface area (Å²) in [5, 5.41) is 8.62. The zero-order valence-electron chi connectivity index (χ0n) is 19.0. The maximum atomic E-state index is 13.2. The van der Waals surface area contributed by atoms with E-state index >= 15 is 0 Å². The summed E-state index contributed by atoms with van der Waals surface area (Å²) in [4.78, 5) is 25.7. The number of hydrogen-bond donors (Lipinski definition) is 1. The predicted octanol–water partition coefficient (Wildman–Crippen LogP) is 3.90. The molecule has 1 N–H and O–H groups in total. The number of para-hydroxylation sites is 1. The van der Waals surface area contributed by atoms with Gasteiger partial charge in [0.05, 0.1) is 11.4 Å². The Kier molecular flexibility index (Phi) is 5.95. The molecule has 4 aromatic rings. The van der Waals surface area contributed by atoms with Crippen molar-refractivity contribution in [2.45, 2.75) is 40.2 Å². The van der Waals surface area contributed by atoms with Crippen molar-refractivity contribution >= 4 is 16.9 Å². The van der Waals surface area contributed by atoms with Crippen molar-refractivity contribution in [3.8, 4) is 5.69 Å². The van der Waals surface area contributed by atoms with Crippen molar-refractivity contribution in [1.29, 1.82) is 0 Å². The number of fused-ring (bicyclic) bond motifs is 1. The summed E-state index contributed by atoms with van der Waals surface area (Å²) < 4.78 is 3.46. The minimum Gasteiger partial charge on any atom is -0.352 e. The van der Waals surface area contributed by atoms with Crippen LogP contribution in [-0.2, 0) is 24.8 Å². The van der Waals surface area contributed by atoms with Crippen molar-refractivity contribution in [1.82, 2.24) is 19.7 Å². The number of aromatic nitrogens is 3. The summed E-state index contributed by atoms with van der Waals surface area (Å²) in [6.07, 6.45) is 0.656. The van der Waals surface area contributed by atoms with Gasteiger partial charge in [-0.3, -0.25) is 14.2 Å². The molecule has 2 aromatic carbocycles. The molecule has 2 aromatic heterocycles. The number of benzene rings is 2. The third-order valence-corrected chi connectivity index (χ3v) is 5.96. The summed E-state index contributed by atoms with van der Waals surface area (Å²) in [5.74, 6) is -0.0659. The second-order valence-corrected chi connectivity index (χ2v) is 8.26. The molecule has 0 aliphatic heterocycles. The van der Waals surface area contributed by atoms with Crippen LogP contribution in [-0.4, -0.2) is 20.3 Å². The zero-order valence-corrected chi connectivity index (χ0v) is 19.0. The number of carbonyl (C=O) groups excluding carboxylic acids is 1. The van der Waals surface area contributed by atoms with Crippen LogP contribution in [0.5, 0.6) is 0 Å². The minimum absolute atomic E-state index is 0.0659. The zero-order chi connectivity index (χ0) is 22.8. The smallest absolute Gasteiger partial charge is 0.255 e. The highest BCUT2D eigenvalue weighted by Crippen LogP contribution is 2.25. The Bertz CT molecular complexity index is 1330. The molecule has 2 heterocycles. The number of nitrogens with one attached hydrogen (secondary N) is 1. The number of rotatable bonds is 6. The minimum atomic E-state index is -0.0848. The number of aryl methyl sites for hydroxylation is 4. The number of hydrogen-bond acceptors (Lipinski definition) is 3. The molecule has 6 heteroatoms. The van der Waals surface area contributed by atoms with E-state index in [-0.39, 0.29) is 17.9 Å². The number of pyridine rings is 1. The third-order valence-electron chi connectivity index (χ3n) is 5.96. The Hall–Kier alpha value is -3.67. The number of carbonyl (C=O) groups is 1. The molecule has 0 aliphatic carbocycles. The first-order valence-corrected chi connectivity index (χ1v) is 10.8. The maximum Gasteiger partial charge on any atom is 0.255 e. The van der Waals surface area contributed by atoms with E-state index < -0.39 is 0 Å². The van der Waals surface area contributed by atoms with Crippen molar-refractivity contribution < 1.29 is 4.79 Å². The fraction of sp³-hybridized carbons (Fsp3) is 0.269. The van der Waals surface area contributed by atoms with E-state index in [4.69, 9.17) is 5.10 Å². The topological polar surface area (TPSA) is 68.9 Å². The van der Waals surface area contributed by atoms with E-state index in [2.05, 4.69) is 5.32 Å². The second-order valence-electron chi connectivity index (χ2n) is 8.26. The normalized spacial score (nSPS) is 11.1. The first kappa shape index (κ1) is 21.6. The Morgan fingerprint density at radius 1 is 1.00 bits per heavy atom. The molecule has 0 saturated heterocycles. The van der Waals surface area contributed by atoms with E-state index in [0.717, 1.165) is 33.5 Å². The maximum absolute atomic E-state index is 13.2. The van der Waals surface area contributed by atoms with Gasteiger partial charge in [0.1, 0.15) is 5.65 Å². The van der Waals surface area contributed by atoms with Crippen LogP contribution in [0.2, 0.25) is 0 Å². The predicted molar refractivity (Wildman–Crippen MR) is 127 cm³/mol. The van der Waals surface area contributed by atoms with Crippen LogP contribution in [0.4, 0.5) is 0 Å². The molecule has 0 bridgehead atoms. The monoisotopic (exact) mass is 428 g/mol. The Morgan fingerprint density at radius 3 is 2.38 bits per heavy atom. The Morgan fingerprint density at radius 2 is 1.69 bits per heavy atom. The lowest BCUT2D eigenvalue weighted by atomic mass is 10.0. The van der Waals surface area contributed by atoms with Crippen molar-refractivity contribution in [2.75, 3.05) is 0 Å². The van der Waals surface area contributed by atoms with Crippen LogP contribution in [0, 0.1) is 20.8 Å². The molecule has 0 unspecified atom stereocenters. The van der Waals surface area contributed by atoms with E-state index in [1.54, 1.807) is 11.6 Å². The first-order chi connectivity index (χ1) is 15.4. The van der Waals surface area contributed by atoms with Gasteiger partial charge in [-0.25, -0.2) is 4.68 Å². The highest BCUT2D eigenvalue weighted by molar-refractivity contribution is 5.85. The Balaban J connectivity index is 1.58. The molecule has 164 valence electrons. The molecule has 6 nitrogen and oxygen atoms in total. The van der Waals surface area contributed by atoms with Crippen LogP contribution < -0.4 is 10.9 Å². The van der Waals surface area contributed by atoms with E-state index in [1.165, 1.54) is 5.56 Å². The van der Waals surface area contributed by atoms with Gasteiger partial charge in [0.25, 0.3) is 5.56 Å². The van der Waals surface area contributed by atoms with Gasteiger partial charge < -0.3 is 5.32 Å². The molecule has 0 fully saturated rings. The SMILES string of the molecule is Cc1ccc(CNC(=O)CCc2c(C)c3c(C)nn(-c4ccccc4)c3n(C)c2=O)cc1. The lowest BCUT2D eigenvalue weighted by Crippen LogP contribution is -2.27. The van der Waals surface area contributed by atoms with Crippen molar-refractivity contribution in [3.05, 3.63) is 92.9 Å². The summed E-state index contributed by atoms with van der Waals surface area (Å²) in [5.41, 5.74) is 6.26. The van der Waals surface area contributed by atoms with Gasteiger partial charge in [-0.2, -0.15) is 5.10 Å². The molecule has 0 spiro atoms. The molecule has 4 rings (SSSR count). The van der Waals surface area contributed by atoms with Crippen LogP contribution in [0.3, 0.4) is 0 Å². The van der Waals surface area contributed by atoms with Crippen LogP contribution in [0.25, 0.3) is 16.7 Å². The fourth-order valence-electron chi connectivity index (χ4n) is 4.15. The largest absolute Gasteiger partial charge is 0.352 e. The van der Waals surface area contributed by atoms with Gasteiger partial charge in [0, 0.05) is 31.0 Å². The first-order valence-electron chi connectivity index (χ1n) is 10.8. The molecule has 0 aliphatic rings. The molecular weight excluding hydrogens is 400 g/mol. The lowest BCUT2D eigenvalue weighted by Gasteiger charge is -2.13.